The summed E-state index contributed by atoms with van der Waals surface area (Å²) in [5.41, 5.74) is 1.82. The van der Waals surface area contributed by atoms with E-state index in [1.54, 1.807) is 0 Å². The molecule has 0 saturated heterocycles. The molecule has 0 spiro atoms. The minimum Gasteiger partial charge on any atom is -0.485 e. The van der Waals surface area contributed by atoms with E-state index in [0.717, 1.165) is 55.5 Å². The summed E-state index contributed by atoms with van der Waals surface area (Å²) >= 11 is 0. The molecule has 1 saturated carbocycles. The summed E-state index contributed by atoms with van der Waals surface area (Å²) in [7, 11) is 0. The maximum Gasteiger partial charge on any atom is 0.132 e. The zero-order valence-electron chi connectivity index (χ0n) is 19.7. The lowest BCUT2D eigenvalue weighted by molar-refractivity contribution is -0.163. The van der Waals surface area contributed by atoms with Gasteiger partial charge in [-0.05, 0) is 57.7 Å². The molecule has 170 valence electrons. The Morgan fingerprint density at radius 3 is 2.57 bits per heavy atom. The molecule has 0 bridgehead atoms. The van der Waals surface area contributed by atoms with E-state index < -0.39 is 5.60 Å². The molecular formula is C26H43NO3. The molecule has 1 N–H and O–H groups in total. The van der Waals surface area contributed by atoms with Crippen LogP contribution in [0.25, 0.3) is 0 Å². The zero-order valence-corrected chi connectivity index (χ0v) is 19.7. The molecule has 2 aliphatic rings. The molecule has 1 fully saturated rings. The molecule has 1 aromatic rings. The van der Waals surface area contributed by atoms with Gasteiger partial charge in [-0.15, -0.1) is 0 Å². The molecule has 3 rings (SSSR count). The number of nitrogens with one attached hydrogen (secondary N) is 1. The molecule has 4 nitrogen and oxygen atoms in total. The summed E-state index contributed by atoms with van der Waals surface area (Å²) in [4.78, 5) is 0. The Labute approximate surface area is 184 Å². The molecule has 2 atom stereocenters. The first-order chi connectivity index (χ1) is 14.5. The fourth-order valence-corrected chi connectivity index (χ4v) is 4.91. The third-order valence-electron chi connectivity index (χ3n) is 6.62. The van der Waals surface area contributed by atoms with Crippen LogP contribution in [0.3, 0.4) is 0 Å². The average molecular weight is 418 g/mol. The van der Waals surface area contributed by atoms with Crippen molar-refractivity contribution in [3.63, 3.8) is 0 Å². The van der Waals surface area contributed by atoms with E-state index in [2.05, 4.69) is 51.2 Å². The van der Waals surface area contributed by atoms with Crippen LogP contribution in [0.5, 0.6) is 5.75 Å². The van der Waals surface area contributed by atoms with Crippen molar-refractivity contribution >= 4 is 5.69 Å². The second kappa shape index (κ2) is 11.4. The molecule has 2 unspecified atom stereocenters. The first-order valence-corrected chi connectivity index (χ1v) is 12.3. The lowest BCUT2D eigenvalue weighted by Crippen LogP contribution is -2.51. The summed E-state index contributed by atoms with van der Waals surface area (Å²) in [6.45, 7) is 11.1. The number of benzene rings is 1. The third-order valence-corrected chi connectivity index (χ3v) is 6.62. The molecule has 4 heteroatoms. The van der Waals surface area contributed by atoms with Crippen molar-refractivity contribution in [3.05, 3.63) is 23.8 Å². The van der Waals surface area contributed by atoms with Crippen LogP contribution >= 0.6 is 0 Å². The van der Waals surface area contributed by atoms with Crippen LogP contribution in [-0.4, -0.2) is 31.5 Å². The van der Waals surface area contributed by atoms with E-state index >= 15 is 0 Å². The largest absolute Gasteiger partial charge is 0.485 e. The Bertz CT molecular complexity index is 639. The van der Waals surface area contributed by atoms with Crippen LogP contribution in [0.2, 0.25) is 0 Å². The van der Waals surface area contributed by atoms with Crippen LogP contribution in [0, 0.1) is 5.92 Å². The lowest BCUT2D eigenvalue weighted by atomic mass is 9.86. The highest BCUT2D eigenvalue weighted by Gasteiger charge is 2.45. The maximum atomic E-state index is 6.62. The van der Waals surface area contributed by atoms with Crippen molar-refractivity contribution in [3.8, 4) is 5.75 Å². The summed E-state index contributed by atoms with van der Waals surface area (Å²) < 4.78 is 19.5. The summed E-state index contributed by atoms with van der Waals surface area (Å²) in [5, 5.41) is 3.43. The monoisotopic (exact) mass is 417 g/mol. The topological polar surface area (TPSA) is 39.7 Å². The van der Waals surface area contributed by atoms with Crippen LogP contribution in [-0.2, 0) is 9.47 Å². The van der Waals surface area contributed by atoms with E-state index in [1.165, 1.54) is 44.9 Å². The van der Waals surface area contributed by atoms with Crippen molar-refractivity contribution in [2.75, 3.05) is 25.1 Å². The fourth-order valence-electron chi connectivity index (χ4n) is 4.91. The SMILES string of the molecule is CCCCCOC1C(OCCC2CCCCC2)c2cc(NCC)ccc2OC1(C)C. The van der Waals surface area contributed by atoms with Crippen molar-refractivity contribution in [2.24, 2.45) is 5.92 Å². The number of hydrogen-bond donors (Lipinski definition) is 1. The third kappa shape index (κ3) is 6.13. The smallest absolute Gasteiger partial charge is 0.132 e. The highest BCUT2D eigenvalue weighted by Crippen LogP contribution is 2.44. The highest BCUT2D eigenvalue weighted by molar-refractivity contribution is 5.53. The van der Waals surface area contributed by atoms with Gasteiger partial charge in [-0.25, -0.2) is 0 Å². The Morgan fingerprint density at radius 2 is 1.83 bits per heavy atom. The molecule has 0 amide bonds. The molecule has 0 aromatic heterocycles. The molecule has 30 heavy (non-hydrogen) atoms. The molecule has 1 heterocycles. The van der Waals surface area contributed by atoms with Gasteiger partial charge >= 0.3 is 0 Å². The van der Waals surface area contributed by atoms with Crippen molar-refractivity contribution in [2.45, 2.75) is 103 Å². The van der Waals surface area contributed by atoms with Gasteiger partial charge in [0.1, 0.15) is 23.6 Å². The number of fused-ring (bicyclic) bond motifs is 1. The first kappa shape index (κ1) is 23.4. The quantitative estimate of drug-likeness (QED) is 0.398. The van der Waals surface area contributed by atoms with Gasteiger partial charge in [0.15, 0.2) is 0 Å². The summed E-state index contributed by atoms with van der Waals surface area (Å²) in [5.74, 6) is 1.75. The Morgan fingerprint density at radius 1 is 1.03 bits per heavy atom. The molecule has 1 aromatic carbocycles. The number of ether oxygens (including phenoxy) is 3. The van der Waals surface area contributed by atoms with Crippen LogP contribution in [0.15, 0.2) is 18.2 Å². The highest BCUT2D eigenvalue weighted by atomic mass is 16.6. The normalized spacial score (nSPS) is 23.6. The van der Waals surface area contributed by atoms with Gasteiger partial charge in [0.2, 0.25) is 0 Å². The second-order valence-electron chi connectivity index (χ2n) is 9.57. The predicted octanol–water partition coefficient (Wildman–Crippen LogP) is 6.89. The van der Waals surface area contributed by atoms with E-state index in [4.69, 9.17) is 14.2 Å². The zero-order chi connectivity index (χ0) is 21.4. The maximum absolute atomic E-state index is 6.62. The molecule has 0 radical (unpaired) electrons. The fraction of sp³-hybridized carbons (Fsp3) is 0.769. The predicted molar refractivity (Wildman–Crippen MR) is 124 cm³/mol. The van der Waals surface area contributed by atoms with Crippen LogP contribution in [0.1, 0.15) is 97.1 Å². The lowest BCUT2D eigenvalue weighted by Gasteiger charge is -2.44. The molecular weight excluding hydrogens is 374 g/mol. The average Bonchev–Trinajstić information content (AvgIpc) is 2.73. The van der Waals surface area contributed by atoms with Gasteiger partial charge in [0, 0.05) is 31.0 Å². The number of hydrogen-bond acceptors (Lipinski definition) is 4. The Hall–Kier alpha value is -1.26. The van der Waals surface area contributed by atoms with E-state index in [0.29, 0.717) is 0 Å². The van der Waals surface area contributed by atoms with Crippen molar-refractivity contribution in [1.82, 2.24) is 0 Å². The summed E-state index contributed by atoms with van der Waals surface area (Å²) in [6, 6.07) is 6.38. The van der Waals surface area contributed by atoms with Crippen LogP contribution in [0.4, 0.5) is 5.69 Å². The first-order valence-electron chi connectivity index (χ1n) is 12.3. The Balaban J connectivity index is 1.76. The minimum absolute atomic E-state index is 0.0902. The number of rotatable bonds is 11. The van der Waals surface area contributed by atoms with E-state index in [1.807, 2.05) is 0 Å². The van der Waals surface area contributed by atoms with Crippen molar-refractivity contribution in [1.29, 1.82) is 0 Å². The van der Waals surface area contributed by atoms with Gasteiger partial charge in [0.25, 0.3) is 0 Å². The van der Waals surface area contributed by atoms with Crippen LogP contribution < -0.4 is 10.1 Å². The van der Waals surface area contributed by atoms with Gasteiger partial charge < -0.3 is 19.5 Å². The van der Waals surface area contributed by atoms with E-state index in [-0.39, 0.29) is 12.2 Å². The molecule has 1 aliphatic carbocycles. The van der Waals surface area contributed by atoms with Gasteiger partial charge in [0.05, 0.1) is 0 Å². The summed E-state index contributed by atoms with van der Waals surface area (Å²) in [6.07, 6.45) is 11.3. The minimum atomic E-state index is -0.422. The van der Waals surface area contributed by atoms with Crippen molar-refractivity contribution < 1.29 is 14.2 Å². The Kier molecular flexibility index (Phi) is 8.88. The second-order valence-corrected chi connectivity index (χ2v) is 9.57. The van der Waals surface area contributed by atoms with Gasteiger partial charge in [-0.3, -0.25) is 0 Å². The number of unbranched alkanes of at least 4 members (excludes halogenated alkanes) is 2. The molecule has 1 aliphatic heterocycles. The standard InChI is InChI=1S/C26H43NO3/c1-5-7-11-17-29-25-24(28-18-16-20-12-9-8-10-13-20)22-19-21(27-6-2)14-15-23(22)30-26(25,3)4/h14-15,19-20,24-25,27H,5-13,16-18H2,1-4H3. The number of anilines is 1. The van der Waals surface area contributed by atoms with Gasteiger partial charge in [-0.1, -0.05) is 51.9 Å². The van der Waals surface area contributed by atoms with E-state index in [9.17, 15) is 0 Å². The van der Waals surface area contributed by atoms with Gasteiger partial charge in [-0.2, -0.15) is 0 Å².